The summed E-state index contributed by atoms with van der Waals surface area (Å²) >= 11 is 2.95. The summed E-state index contributed by atoms with van der Waals surface area (Å²) in [5.41, 5.74) is 0.653. The van der Waals surface area contributed by atoms with E-state index in [1.165, 1.54) is 6.83 Å². The van der Waals surface area contributed by atoms with Gasteiger partial charge in [0.15, 0.2) is 0 Å². The fraction of sp³-hybridized carbons (Fsp3) is 0.200. The monoisotopic (exact) mass is 176 g/mol. The van der Waals surface area contributed by atoms with Crippen LogP contribution < -0.4 is 0 Å². The Morgan fingerprint density at radius 3 is 2.14 bits per heavy atom. The van der Waals surface area contributed by atoms with Gasteiger partial charge >= 0.3 is 51.9 Å². The van der Waals surface area contributed by atoms with Crippen LogP contribution in [0.5, 0.6) is 0 Å². The molecule has 0 radical (unpaired) electrons. The summed E-state index contributed by atoms with van der Waals surface area (Å²) in [6.45, 7) is 1.32. The van der Waals surface area contributed by atoms with Gasteiger partial charge in [0, 0.05) is 0 Å². The number of rotatable bonds is 1. The predicted molar refractivity (Wildman–Crippen MR) is 34.7 cm³/mol. The summed E-state index contributed by atoms with van der Waals surface area (Å²) in [4.78, 5) is 0. The minimum absolute atomic E-state index is 0.653. The molecule has 0 heterocycles. The Morgan fingerprint density at radius 2 is 1.86 bits per heavy atom. The molecular weight excluding hydrogens is 170 g/mol. The molecule has 0 fully saturated rings. The first kappa shape index (κ1) is 5.44. The van der Waals surface area contributed by atoms with Crippen molar-refractivity contribution < 1.29 is 0 Å². The van der Waals surface area contributed by atoms with Gasteiger partial charge in [-0.3, -0.25) is 0 Å². The first-order valence-electron chi connectivity index (χ1n) is 2.11. The van der Waals surface area contributed by atoms with Crippen LogP contribution in [-0.2, 0) is 0 Å². The second-order valence-corrected chi connectivity index (χ2v) is 3.50. The quantitative estimate of drug-likeness (QED) is 0.418. The zero-order valence-electron chi connectivity index (χ0n) is 3.74. The molecule has 7 heavy (non-hydrogen) atoms. The van der Waals surface area contributed by atoms with Crippen molar-refractivity contribution in [2.24, 2.45) is 0 Å². The molecule has 2 heteroatoms. The van der Waals surface area contributed by atoms with Crippen molar-refractivity contribution in [2.75, 3.05) is 0 Å². The van der Waals surface area contributed by atoms with E-state index in [4.69, 9.17) is 0 Å². The first-order valence-corrected chi connectivity index (χ1v) is 5.29. The van der Waals surface area contributed by atoms with Gasteiger partial charge in [-0.25, -0.2) is 0 Å². The van der Waals surface area contributed by atoms with Crippen molar-refractivity contribution in [3.8, 4) is 0 Å². The summed E-state index contributed by atoms with van der Waals surface area (Å²) < 4.78 is 0. The second kappa shape index (κ2) is 2.57. The van der Waals surface area contributed by atoms with Crippen molar-refractivity contribution >= 4 is 21.9 Å². The van der Waals surface area contributed by atoms with Crippen LogP contribution in [0.3, 0.4) is 0 Å². The Kier molecular flexibility index (Phi) is 1.99. The number of hydrogen-bond acceptors (Lipinski definition) is 0. The minimum atomic E-state index is 0.653. The van der Waals surface area contributed by atoms with Gasteiger partial charge in [-0.05, 0) is 0 Å². The SMILES string of the molecule is [Se]=PC1C=CC=C1. The summed E-state index contributed by atoms with van der Waals surface area (Å²) in [5.74, 6) is 0. The van der Waals surface area contributed by atoms with E-state index in [0.29, 0.717) is 5.66 Å². The van der Waals surface area contributed by atoms with Gasteiger partial charge in [-0.1, -0.05) is 0 Å². The molecule has 0 bridgehead atoms. The van der Waals surface area contributed by atoms with Gasteiger partial charge in [-0.2, -0.15) is 0 Å². The average Bonchev–Trinajstić information content (AvgIpc) is 2.14. The molecular formula is C5H5PSe. The average molecular weight is 175 g/mol. The number of hydrogen-bond donors (Lipinski definition) is 0. The summed E-state index contributed by atoms with van der Waals surface area (Å²) in [6, 6.07) is 0. The molecule has 0 N–H and O–H groups in total. The summed E-state index contributed by atoms with van der Waals surface area (Å²) in [7, 11) is 0. The van der Waals surface area contributed by atoms with E-state index < -0.39 is 0 Å². The Balaban J connectivity index is 2.59. The molecule has 0 unspecified atom stereocenters. The molecule has 0 aromatic rings. The number of allylic oxidation sites excluding steroid dienone is 4. The van der Waals surface area contributed by atoms with Crippen molar-refractivity contribution in [1.29, 1.82) is 0 Å². The fourth-order valence-corrected chi connectivity index (χ4v) is 1.71. The molecule has 36 valence electrons. The molecule has 1 aliphatic carbocycles. The topological polar surface area (TPSA) is 0 Å². The van der Waals surface area contributed by atoms with E-state index in [9.17, 15) is 0 Å². The van der Waals surface area contributed by atoms with Crippen LogP contribution >= 0.6 is 6.83 Å². The molecule has 0 saturated carbocycles. The molecule has 0 spiro atoms. The normalized spacial score (nSPS) is 19.4. The molecule has 0 aromatic carbocycles. The fourth-order valence-electron chi connectivity index (χ4n) is 0.490. The predicted octanol–water partition coefficient (Wildman–Crippen LogP) is 1.51. The molecule has 0 saturated heterocycles. The van der Waals surface area contributed by atoms with Crippen LogP contribution in [-0.4, -0.2) is 20.8 Å². The third-order valence-electron chi connectivity index (χ3n) is 0.849. The van der Waals surface area contributed by atoms with E-state index in [1.807, 2.05) is 0 Å². The standard InChI is InChI=1S/C5H5PSe/c7-6-5-3-1-2-4-5/h1-5H. The van der Waals surface area contributed by atoms with Gasteiger partial charge < -0.3 is 0 Å². The molecule has 0 amide bonds. The van der Waals surface area contributed by atoms with Crippen LogP contribution in [0.2, 0.25) is 0 Å². The Morgan fingerprint density at radius 1 is 1.29 bits per heavy atom. The van der Waals surface area contributed by atoms with Crippen molar-refractivity contribution in [3.05, 3.63) is 24.3 Å². The molecule has 1 aliphatic rings. The third kappa shape index (κ3) is 1.35. The Hall–Kier alpha value is 0.299. The first-order chi connectivity index (χ1) is 3.43. The van der Waals surface area contributed by atoms with E-state index in [-0.39, 0.29) is 0 Å². The van der Waals surface area contributed by atoms with Crippen LogP contribution in [0.25, 0.3) is 0 Å². The Labute approximate surface area is 52.4 Å². The van der Waals surface area contributed by atoms with E-state index >= 15 is 0 Å². The van der Waals surface area contributed by atoms with Crippen molar-refractivity contribution in [2.45, 2.75) is 5.66 Å². The molecule has 0 aliphatic heterocycles. The van der Waals surface area contributed by atoms with Crippen LogP contribution in [0.15, 0.2) is 24.3 Å². The molecule has 0 nitrogen and oxygen atoms in total. The third-order valence-corrected chi connectivity index (χ3v) is 2.97. The zero-order chi connectivity index (χ0) is 5.11. The van der Waals surface area contributed by atoms with Crippen LogP contribution in [0.1, 0.15) is 0 Å². The molecule has 0 aromatic heterocycles. The molecule has 0 atom stereocenters. The van der Waals surface area contributed by atoms with Gasteiger partial charge in [0.05, 0.1) is 0 Å². The summed E-state index contributed by atoms with van der Waals surface area (Å²) in [6.07, 6.45) is 8.51. The second-order valence-electron chi connectivity index (χ2n) is 1.37. The zero-order valence-corrected chi connectivity index (χ0v) is 6.35. The van der Waals surface area contributed by atoms with Gasteiger partial charge in [0.25, 0.3) is 0 Å². The van der Waals surface area contributed by atoms with Crippen molar-refractivity contribution in [1.82, 2.24) is 0 Å². The van der Waals surface area contributed by atoms with E-state index in [2.05, 4.69) is 39.4 Å². The van der Waals surface area contributed by atoms with Gasteiger partial charge in [0.1, 0.15) is 0 Å². The van der Waals surface area contributed by atoms with E-state index in [1.54, 1.807) is 0 Å². The van der Waals surface area contributed by atoms with Gasteiger partial charge in [-0.15, -0.1) is 0 Å². The van der Waals surface area contributed by atoms with Gasteiger partial charge in [0.2, 0.25) is 0 Å². The molecule has 1 rings (SSSR count). The Bertz CT molecular complexity index is 114. The van der Waals surface area contributed by atoms with Crippen LogP contribution in [0.4, 0.5) is 0 Å². The van der Waals surface area contributed by atoms with Crippen molar-refractivity contribution in [3.63, 3.8) is 0 Å². The van der Waals surface area contributed by atoms with Crippen LogP contribution in [0, 0.1) is 0 Å². The van der Waals surface area contributed by atoms with E-state index in [0.717, 1.165) is 0 Å². The maximum atomic E-state index is 2.95. The maximum absolute atomic E-state index is 2.95. The summed E-state index contributed by atoms with van der Waals surface area (Å²) in [5, 5.41) is 0.